The zero-order valence-electron chi connectivity index (χ0n) is 7.82. The van der Waals surface area contributed by atoms with Crippen LogP contribution in [0.25, 0.3) is 0 Å². The van der Waals surface area contributed by atoms with Crippen molar-refractivity contribution in [1.29, 1.82) is 0 Å². The molecule has 2 rings (SSSR count). The predicted molar refractivity (Wildman–Crippen MR) is 50.6 cm³/mol. The fourth-order valence-electron chi connectivity index (χ4n) is 1.24. The van der Waals surface area contributed by atoms with E-state index < -0.39 is 0 Å². The van der Waals surface area contributed by atoms with Gasteiger partial charge >= 0.3 is 0 Å². The molecule has 0 radical (unpaired) electrons. The summed E-state index contributed by atoms with van der Waals surface area (Å²) in [4.78, 5) is 0. The fraction of sp³-hybridized carbons (Fsp3) is 0.455. The number of epoxide rings is 1. The summed E-state index contributed by atoms with van der Waals surface area (Å²) in [6.07, 6.45) is 0.365. The first-order valence-corrected chi connectivity index (χ1v) is 4.60. The third-order valence-corrected chi connectivity index (χ3v) is 2.22. The van der Waals surface area contributed by atoms with Gasteiger partial charge in [0.25, 0.3) is 0 Å². The summed E-state index contributed by atoms with van der Waals surface area (Å²) < 4.78 is 10.6. The lowest BCUT2D eigenvalue weighted by Crippen LogP contribution is -2.02. The van der Waals surface area contributed by atoms with Crippen molar-refractivity contribution in [2.24, 2.45) is 0 Å². The summed E-state index contributed by atoms with van der Waals surface area (Å²) >= 11 is 0. The third kappa shape index (κ3) is 2.54. The Bertz CT molecular complexity index is 279. The van der Waals surface area contributed by atoms with Gasteiger partial charge in [0.15, 0.2) is 0 Å². The van der Waals surface area contributed by atoms with Crippen LogP contribution in [0.4, 0.5) is 0 Å². The van der Waals surface area contributed by atoms with Crippen molar-refractivity contribution in [3.8, 4) is 0 Å². The van der Waals surface area contributed by atoms with Crippen LogP contribution in [0.1, 0.15) is 11.1 Å². The Morgan fingerprint density at radius 1 is 1.46 bits per heavy atom. The summed E-state index contributed by atoms with van der Waals surface area (Å²) in [7, 11) is 0. The van der Waals surface area contributed by atoms with Crippen LogP contribution in [0.3, 0.4) is 0 Å². The quantitative estimate of drug-likeness (QED) is 0.657. The zero-order chi connectivity index (χ0) is 9.10. The molecule has 1 aromatic carbocycles. The molecular weight excluding hydrogens is 164 g/mol. The van der Waals surface area contributed by atoms with Gasteiger partial charge in [-0.15, -0.1) is 0 Å². The highest BCUT2D eigenvalue weighted by molar-refractivity contribution is 5.24. The lowest BCUT2D eigenvalue weighted by atomic mass is 10.1. The minimum atomic E-state index is 0.365. The third-order valence-electron chi connectivity index (χ3n) is 2.22. The first-order chi connectivity index (χ1) is 6.36. The largest absolute Gasteiger partial charge is 0.374 e. The minimum absolute atomic E-state index is 0.365. The van der Waals surface area contributed by atoms with Crippen LogP contribution < -0.4 is 0 Å². The van der Waals surface area contributed by atoms with Crippen LogP contribution in [0.15, 0.2) is 24.3 Å². The average molecular weight is 178 g/mol. The van der Waals surface area contributed by atoms with Crippen LogP contribution >= 0.6 is 0 Å². The van der Waals surface area contributed by atoms with E-state index in [1.54, 1.807) is 0 Å². The molecule has 2 nitrogen and oxygen atoms in total. The van der Waals surface area contributed by atoms with E-state index in [-0.39, 0.29) is 0 Å². The van der Waals surface area contributed by atoms with E-state index in [1.807, 2.05) is 12.1 Å². The summed E-state index contributed by atoms with van der Waals surface area (Å²) in [6.45, 7) is 4.40. The van der Waals surface area contributed by atoms with E-state index in [1.165, 1.54) is 11.1 Å². The van der Waals surface area contributed by atoms with Gasteiger partial charge in [-0.25, -0.2) is 0 Å². The topological polar surface area (TPSA) is 21.8 Å². The molecular formula is C11H14O2. The second-order valence-electron chi connectivity index (χ2n) is 3.40. The fourth-order valence-corrected chi connectivity index (χ4v) is 1.24. The van der Waals surface area contributed by atoms with E-state index in [4.69, 9.17) is 9.47 Å². The molecule has 0 aromatic heterocycles. The van der Waals surface area contributed by atoms with Crippen LogP contribution in [0.5, 0.6) is 0 Å². The molecule has 1 fully saturated rings. The van der Waals surface area contributed by atoms with Gasteiger partial charge in [-0.1, -0.05) is 24.3 Å². The maximum atomic E-state index is 5.50. The van der Waals surface area contributed by atoms with Crippen molar-refractivity contribution in [1.82, 2.24) is 0 Å². The standard InChI is InChI=1S/C11H14O2/c1-9-4-2-3-5-10(9)6-12-7-11-8-13-11/h2-5,11H,6-8H2,1H3/t11-/m1/s1. The summed E-state index contributed by atoms with van der Waals surface area (Å²) in [5.74, 6) is 0. The van der Waals surface area contributed by atoms with E-state index >= 15 is 0 Å². The van der Waals surface area contributed by atoms with Crippen molar-refractivity contribution < 1.29 is 9.47 Å². The van der Waals surface area contributed by atoms with E-state index in [2.05, 4.69) is 19.1 Å². The first kappa shape index (κ1) is 8.73. The highest BCUT2D eigenvalue weighted by atomic mass is 16.6. The number of hydrogen-bond donors (Lipinski definition) is 0. The number of benzene rings is 1. The average Bonchev–Trinajstić information content (AvgIpc) is 2.92. The molecule has 70 valence electrons. The monoisotopic (exact) mass is 178 g/mol. The Kier molecular flexibility index (Phi) is 2.62. The molecule has 1 saturated heterocycles. The highest BCUT2D eigenvalue weighted by Crippen LogP contribution is 2.12. The Morgan fingerprint density at radius 3 is 2.92 bits per heavy atom. The Hall–Kier alpha value is -0.860. The second kappa shape index (κ2) is 3.90. The van der Waals surface area contributed by atoms with Crippen molar-refractivity contribution >= 4 is 0 Å². The first-order valence-electron chi connectivity index (χ1n) is 4.60. The molecule has 1 aliphatic rings. The van der Waals surface area contributed by atoms with Crippen molar-refractivity contribution in [3.63, 3.8) is 0 Å². The van der Waals surface area contributed by atoms with Gasteiger partial charge in [-0.05, 0) is 18.1 Å². The maximum Gasteiger partial charge on any atom is 0.104 e. The Morgan fingerprint density at radius 2 is 2.23 bits per heavy atom. The van der Waals surface area contributed by atoms with Crippen molar-refractivity contribution in [2.45, 2.75) is 19.6 Å². The van der Waals surface area contributed by atoms with E-state index in [9.17, 15) is 0 Å². The van der Waals surface area contributed by atoms with Gasteiger partial charge in [0.2, 0.25) is 0 Å². The molecule has 0 aliphatic carbocycles. The predicted octanol–water partition coefficient (Wildman–Crippen LogP) is 1.91. The smallest absolute Gasteiger partial charge is 0.104 e. The molecule has 0 bridgehead atoms. The molecule has 2 heteroatoms. The molecule has 0 spiro atoms. The zero-order valence-corrected chi connectivity index (χ0v) is 7.82. The summed E-state index contributed by atoms with van der Waals surface area (Å²) in [5.41, 5.74) is 2.56. The molecule has 1 atom stereocenters. The van der Waals surface area contributed by atoms with E-state index in [0.29, 0.717) is 12.7 Å². The number of hydrogen-bond acceptors (Lipinski definition) is 2. The maximum absolute atomic E-state index is 5.50. The lowest BCUT2D eigenvalue weighted by Gasteiger charge is -2.05. The van der Waals surface area contributed by atoms with E-state index in [0.717, 1.165) is 13.2 Å². The lowest BCUT2D eigenvalue weighted by molar-refractivity contribution is 0.104. The number of aryl methyl sites for hydroxylation is 1. The minimum Gasteiger partial charge on any atom is -0.374 e. The molecule has 13 heavy (non-hydrogen) atoms. The van der Waals surface area contributed by atoms with Gasteiger partial charge in [-0.3, -0.25) is 0 Å². The van der Waals surface area contributed by atoms with Gasteiger partial charge in [-0.2, -0.15) is 0 Å². The van der Waals surface area contributed by atoms with Crippen molar-refractivity contribution in [3.05, 3.63) is 35.4 Å². The van der Waals surface area contributed by atoms with Gasteiger partial charge in [0.05, 0.1) is 19.8 Å². The van der Waals surface area contributed by atoms with Crippen LogP contribution in [-0.4, -0.2) is 19.3 Å². The highest BCUT2D eigenvalue weighted by Gasteiger charge is 2.22. The van der Waals surface area contributed by atoms with Crippen LogP contribution in [-0.2, 0) is 16.1 Å². The van der Waals surface area contributed by atoms with Crippen LogP contribution in [0.2, 0.25) is 0 Å². The molecule has 0 N–H and O–H groups in total. The molecule has 0 saturated carbocycles. The molecule has 1 heterocycles. The number of ether oxygens (including phenoxy) is 2. The second-order valence-corrected chi connectivity index (χ2v) is 3.40. The Balaban J connectivity index is 1.82. The van der Waals surface area contributed by atoms with Crippen molar-refractivity contribution in [2.75, 3.05) is 13.2 Å². The summed E-state index contributed by atoms with van der Waals surface area (Å²) in [6, 6.07) is 8.29. The van der Waals surface area contributed by atoms with Gasteiger partial charge < -0.3 is 9.47 Å². The Labute approximate surface area is 78.5 Å². The normalized spacial score (nSPS) is 20.2. The van der Waals surface area contributed by atoms with Crippen LogP contribution in [0, 0.1) is 6.92 Å². The molecule has 1 aromatic rings. The molecule has 0 unspecified atom stereocenters. The SMILES string of the molecule is Cc1ccccc1COC[C@@H]1CO1. The van der Waals surface area contributed by atoms with Gasteiger partial charge in [0.1, 0.15) is 6.10 Å². The van der Waals surface area contributed by atoms with Gasteiger partial charge in [0, 0.05) is 0 Å². The molecule has 0 amide bonds. The summed E-state index contributed by atoms with van der Waals surface area (Å²) in [5, 5.41) is 0. The molecule has 1 aliphatic heterocycles. The number of rotatable bonds is 4.